The smallest absolute Gasteiger partial charge is 0.265 e. The highest BCUT2D eigenvalue weighted by Gasteiger charge is 2.26. The second-order valence-electron chi connectivity index (χ2n) is 4.31. The minimum atomic E-state index is 0.00705. The molecule has 0 saturated carbocycles. The second kappa shape index (κ2) is 4.96. The molecule has 3 nitrogen and oxygen atoms in total. The summed E-state index contributed by atoms with van der Waals surface area (Å²) in [7, 11) is 0. The summed E-state index contributed by atoms with van der Waals surface area (Å²) in [5.74, 6) is 1.39. The van der Waals surface area contributed by atoms with Gasteiger partial charge in [0.05, 0.1) is 5.69 Å². The summed E-state index contributed by atoms with van der Waals surface area (Å²) in [4.78, 5) is 13.6. The number of alkyl halides is 1. The fourth-order valence-electron chi connectivity index (χ4n) is 2.13. The first-order valence-electron chi connectivity index (χ1n) is 5.74. The number of amides is 1. The minimum absolute atomic E-state index is 0.00705. The Kier molecular flexibility index (Phi) is 3.57. The van der Waals surface area contributed by atoms with E-state index in [1.807, 2.05) is 19.9 Å². The average Bonchev–Trinajstić information content (AvgIpc) is 2.27. The van der Waals surface area contributed by atoms with E-state index in [2.05, 4.69) is 6.07 Å². The monoisotopic (exact) mass is 253 g/mol. The van der Waals surface area contributed by atoms with Crippen LogP contribution in [0.4, 0.5) is 5.69 Å². The summed E-state index contributed by atoms with van der Waals surface area (Å²) in [6.45, 7) is 4.80. The standard InChI is InChI=1S/C13H16ClNO2/c1-9-6-10(2)13-11(7-9)15(5-3-4-14)12(16)8-17-13/h6-7H,3-5,8H2,1-2H3. The molecular formula is C13H16ClNO2. The van der Waals surface area contributed by atoms with Crippen LogP contribution in [0.3, 0.4) is 0 Å². The number of rotatable bonds is 3. The Balaban J connectivity index is 2.39. The van der Waals surface area contributed by atoms with E-state index in [-0.39, 0.29) is 12.5 Å². The first kappa shape index (κ1) is 12.2. The highest BCUT2D eigenvalue weighted by molar-refractivity contribution is 6.17. The Labute approximate surface area is 106 Å². The minimum Gasteiger partial charge on any atom is -0.481 e. The van der Waals surface area contributed by atoms with Crippen molar-refractivity contribution in [3.05, 3.63) is 23.3 Å². The molecule has 0 aromatic heterocycles. The van der Waals surface area contributed by atoms with Gasteiger partial charge in [-0.2, -0.15) is 0 Å². The molecule has 4 heteroatoms. The molecule has 2 rings (SSSR count). The number of fused-ring (bicyclic) bond motifs is 1. The van der Waals surface area contributed by atoms with Crippen molar-refractivity contribution in [1.29, 1.82) is 0 Å². The normalized spacial score (nSPS) is 14.5. The number of aryl methyl sites for hydroxylation is 2. The molecule has 1 heterocycles. The van der Waals surface area contributed by atoms with E-state index in [1.165, 1.54) is 0 Å². The summed E-state index contributed by atoms with van der Waals surface area (Å²) < 4.78 is 5.51. The lowest BCUT2D eigenvalue weighted by molar-refractivity contribution is -0.121. The van der Waals surface area contributed by atoms with Crippen molar-refractivity contribution in [2.24, 2.45) is 0 Å². The van der Waals surface area contributed by atoms with Gasteiger partial charge in [0.15, 0.2) is 6.61 Å². The molecule has 0 N–H and O–H groups in total. The fraction of sp³-hybridized carbons (Fsp3) is 0.462. The summed E-state index contributed by atoms with van der Waals surface area (Å²) in [5, 5.41) is 0. The Hall–Kier alpha value is -1.22. The Morgan fingerprint density at radius 1 is 1.41 bits per heavy atom. The van der Waals surface area contributed by atoms with Crippen molar-refractivity contribution in [2.75, 3.05) is 23.9 Å². The number of carbonyl (C=O) groups is 1. The van der Waals surface area contributed by atoms with E-state index < -0.39 is 0 Å². The van der Waals surface area contributed by atoms with Gasteiger partial charge >= 0.3 is 0 Å². The van der Waals surface area contributed by atoms with Gasteiger partial charge in [-0.3, -0.25) is 4.79 Å². The predicted molar refractivity (Wildman–Crippen MR) is 69.1 cm³/mol. The molecule has 0 unspecified atom stereocenters. The first-order chi connectivity index (χ1) is 8.13. The summed E-state index contributed by atoms with van der Waals surface area (Å²) in [6.07, 6.45) is 0.791. The van der Waals surface area contributed by atoms with Crippen molar-refractivity contribution in [3.8, 4) is 5.75 Å². The maximum Gasteiger partial charge on any atom is 0.265 e. The number of nitrogens with zero attached hydrogens (tertiary/aromatic N) is 1. The number of halogens is 1. The van der Waals surface area contributed by atoms with Gasteiger partial charge in [-0.25, -0.2) is 0 Å². The molecule has 0 saturated heterocycles. The van der Waals surface area contributed by atoms with Gasteiger partial charge in [0.2, 0.25) is 0 Å². The van der Waals surface area contributed by atoms with Crippen molar-refractivity contribution in [3.63, 3.8) is 0 Å². The molecule has 0 radical (unpaired) electrons. The van der Waals surface area contributed by atoms with Crippen molar-refractivity contribution >= 4 is 23.2 Å². The topological polar surface area (TPSA) is 29.5 Å². The maximum absolute atomic E-state index is 11.8. The molecule has 1 aromatic rings. The SMILES string of the molecule is Cc1cc(C)c2c(c1)N(CCCCl)C(=O)CO2. The molecule has 1 aliphatic rings. The van der Waals surface area contributed by atoms with E-state index in [4.69, 9.17) is 16.3 Å². The van der Waals surface area contributed by atoms with Gasteiger partial charge in [0, 0.05) is 12.4 Å². The summed E-state index contributed by atoms with van der Waals surface area (Å²) in [5.41, 5.74) is 3.09. The third kappa shape index (κ3) is 2.39. The van der Waals surface area contributed by atoms with E-state index >= 15 is 0 Å². The number of ether oxygens (including phenoxy) is 1. The summed E-state index contributed by atoms with van der Waals surface area (Å²) in [6, 6.07) is 4.06. The van der Waals surface area contributed by atoms with Crippen LogP contribution < -0.4 is 9.64 Å². The van der Waals surface area contributed by atoms with Crippen molar-refractivity contribution in [2.45, 2.75) is 20.3 Å². The number of hydrogen-bond donors (Lipinski definition) is 0. The zero-order valence-electron chi connectivity index (χ0n) is 10.1. The predicted octanol–water partition coefficient (Wildman–Crippen LogP) is 2.66. The highest BCUT2D eigenvalue weighted by atomic mass is 35.5. The average molecular weight is 254 g/mol. The number of hydrogen-bond acceptors (Lipinski definition) is 2. The lowest BCUT2D eigenvalue weighted by atomic mass is 10.1. The van der Waals surface area contributed by atoms with E-state index in [0.717, 1.165) is 29.0 Å². The largest absolute Gasteiger partial charge is 0.481 e. The number of carbonyl (C=O) groups excluding carboxylic acids is 1. The molecule has 17 heavy (non-hydrogen) atoms. The van der Waals surface area contributed by atoms with Crippen LogP contribution in [0.5, 0.6) is 5.75 Å². The van der Waals surface area contributed by atoms with Crippen LogP contribution in [-0.2, 0) is 4.79 Å². The Bertz CT molecular complexity index is 445. The van der Waals surface area contributed by atoms with Crippen LogP contribution in [0.25, 0.3) is 0 Å². The van der Waals surface area contributed by atoms with Crippen LogP contribution in [0.2, 0.25) is 0 Å². The third-order valence-corrected chi connectivity index (χ3v) is 3.11. The lowest BCUT2D eigenvalue weighted by Gasteiger charge is -2.30. The maximum atomic E-state index is 11.8. The molecule has 0 aliphatic carbocycles. The second-order valence-corrected chi connectivity index (χ2v) is 4.68. The van der Waals surface area contributed by atoms with Crippen LogP contribution in [-0.4, -0.2) is 24.9 Å². The van der Waals surface area contributed by atoms with Gasteiger partial charge in [0.25, 0.3) is 5.91 Å². The molecule has 0 bridgehead atoms. The lowest BCUT2D eigenvalue weighted by Crippen LogP contribution is -2.39. The molecule has 1 amide bonds. The highest BCUT2D eigenvalue weighted by Crippen LogP contribution is 2.36. The van der Waals surface area contributed by atoms with Crippen molar-refractivity contribution in [1.82, 2.24) is 0 Å². The molecule has 92 valence electrons. The van der Waals surface area contributed by atoms with Gasteiger partial charge in [-0.15, -0.1) is 11.6 Å². The Morgan fingerprint density at radius 3 is 2.88 bits per heavy atom. The quantitative estimate of drug-likeness (QED) is 0.775. The van der Waals surface area contributed by atoms with Crippen LogP contribution >= 0.6 is 11.6 Å². The van der Waals surface area contributed by atoms with Crippen LogP contribution in [0.15, 0.2) is 12.1 Å². The zero-order chi connectivity index (χ0) is 12.4. The van der Waals surface area contributed by atoms with E-state index in [0.29, 0.717) is 12.4 Å². The molecule has 1 aliphatic heterocycles. The van der Waals surface area contributed by atoms with Gasteiger partial charge in [-0.05, 0) is 37.5 Å². The number of anilines is 1. The number of benzene rings is 1. The Morgan fingerprint density at radius 2 is 2.18 bits per heavy atom. The first-order valence-corrected chi connectivity index (χ1v) is 6.27. The van der Waals surface area contributed by atoms with E-state index in [9.17, 15) is 4.79 Å². The molecule has 0 fully saturated rings. The molecule has 0 atom stereocenters. The van der Waals surface area contributed by atoms with Crippen LogP contribution in [0.1, 0.15) is 17.5 Å². The molecule has 1 aromatic carbocycles. The summed E-state index contributed by atoms with van der Waals surface area (Å²) >= 11 is 5.69. The van der Waals surface area contributed by atoms with Gasteiger partial charge < -0.3 is 9.64 Å². The van der Waals surface area contributed by atoms with Crippen molar-refractivity contribution < 1.29 is 9.53 Å². The van der Waals surface area contributed by atoms with Gasteiger partial charge in [0.1, 0.15) is 5.75 Å². The molecular weight excluding hydrogens is 238 g/mol. The van der Waals surface area contributed by atoms with Crippen LogP contribution in [0, 0.1) is 13.8 Å². The zero-order valence-corrected chi connectivity index (χ0v) is 10.9. The fourth-order valence-corrected chi connectivity index (χ4v) is 2.25. The third-order valence-electron chi connectivity index (χ3n) is 2.85. The molecule has 0 spiro atoms. The van der Waals surface area contributed by atoms with Gasteiger partial charge in [-0.1, -0.05) is 6.07 Å². The van der Waals surface area contributed by atoms with E-state index in [1.54, 1.807) is 4.90 Å².